The first kappa shape index (κ1) is 10.4. The van der Waals surface area contributed by atoms with E-state index in [0.717, 1.165) is 11.3 Å². The Bertz CT molecular complexity index is 497. The fourth-order valence-electron chi connectivity index (χ4n) is 1.51. The summed E-state index contributed by atoms with van der Waals surface area (Å²) in [4.78, 5) is 15.6. The molecule has 0 aliphatic carbocycles. The van der Waals surface area contributed by atoms with Gasteiger partial charge in [-0.2, -0.15) is 0 Å². The van der Waals surface area contributed by atoms with E-state index in [2.05, 4.69) is 16.9 Å². The van der Waals surface area contributed by atoms with E-state index in [-0.39, 0.29) is 11.9 Å². The number of pyridine rings is 1. The Labute approximate surface area is 93.6 Å². The van der Waals surface area contributed by atoms with Crippen molar-refractivity contribution >= 4 is 11.6 Å². The third kappa shape index (κ3) is 1.95. The summed E-state index contributed by atoms with van der Waals surface area (Å²) >= 11 is 0. The molecule has 0 radical (unpaired) electrons. The normalized spacial score (nSPS) is 12.3. The molecular formula is C12H13N3O. The summed E-state index contributed by atoms with van der Waals surface area (Å²) in [6, 6.07) is 5.67. The van der Waals surface area contributed by atoms with Crippen molar-refractivity contribution in [2.75, 3.05) is 0 Å². The molecule has 2 heterocycles. The van der Waals surface area contributed by atoms with Gasteiger partial charge >= 0.3 is 0 Å². The van der Waals surface area contributed by atoms with Crippen LogP contribution in [0.25, 0.3) is 5.65 Å². The second kappa shape index (κ2) is 4.18. The zero-order chi connectivity index (χ0) is 11.5. The monoisotopic (exact) mass is 215 g/mol. The van der Waals surface area contributed by atoms with Gasteiger partial charge in [-0.1, -0.05) is 12.6 Å². The van der Waals surface area contributed by atoms with Crippen LogP contribution in [0.2, 0.25) is 0 Å². The van der Waals surface area contributed by atoms with Crippen LogP contribution in [0.15, 0.2) is 43.2 Å². The summed E-state index contributed by atoms with van der Waals surface area (Å²) in [5, 5.41) is 2.77. The molecule has 0 spiro atoms. The molecule has 2 aromatic heterocycles. The zero-order valence-corrected chi connectivity index (χ0v) is 9.05. The number of amides is 1. The quantitative estimate of drug-likeness (QED) is 0.792. The van der Waals surface area contributed by atoms with Crippen LogP contribution in [-0.4, -0.2) is 15.3 Å². The molecule has 1 atom stereocenters. The van der Waals surface area contributed by atoms with Crippen molar-refractivity contribution in [2.45, 2.75) is 13.0 Å². The van der Waals surface area contributed by atoms with Gasteiger partial charge in [0.15, 0.2) is 0 Å². The van der Waals surface area contributed by atoms with Gasteiger partial charge in [-0.05, 0) is 25.1 Å². The molecule has 1 amide bonds. The maximum absolute atomic E-state index is 11.1. The van der Waals surface area contributed by atoms with Gasteiger partial charge in [0, 0.05) is 12.4 Å². The second-order valence-corrected chi connectivity index (χ2v) is 3.57. The van der Waals surface area contributed by atoms with Crippen LogP contribution < -0.4 is 5.32 Å². The van der Waals surface area contributed by atoms with Crippen LogP contribution in [-0.2, 0) is 4.79 Å². The fraction of sp³-hybridized carbons (Fsp3) is 0.167. The van der Waals surface area contributed by atoms with E-state index in [1.165, 1.54) is 6.08 Å². The standard InChI is InChI=1S/C12H13N3O/c1-3-12(16)13-9(2)10-8-15-7-5-4-6-11(15)14-10/h3-9H,1H2,2H3,(H,13,16)/t9-/m0/s1. The molecule has 0 bridgehead atoms. The molecule has 82 valence electrons. The maximum Gasteiger partial charge on any atom is 0.243 e. The molecule has 0 aliphatic rings. The molecule has 0 saturated heterocycles. The van der Waals surface area contributed by atoms with Crippen LogP contribution in [0.1, 0.15) is 18.7 Å². The number of carbonyl (C=O) groups excluding carboxylic acids is 1. The Morgan fingerprint density at radius 1 is 1.62 bits per heavy atom. The number of imidazole rings is 1. The van der Waals surface area contributed by atoms with Gasteiger partial charge in [0.25, 0.3) is 0 Å². The van der Waals surface area contributed by atoms with E-state index < -0.39 is 0 Å². The zero-order valence-electron chi connectivity index (χ0n) is 9.05. The highest BCUT2D eigenvalue weighted by atomic mass is 16.1. The van der Waals surface area contributed by atoms with E-state index >= 15 is 0 Å². The van der Waals surface area contributed by atoms with Gasteiger partial charge < -0.3 is 9.72 Å². The number of hydrogen-bond acceptors (Lipinski definition) is 2. The summed E-state index contributed by atoms with van der Waals surface area (Å²) in [5.74, 6) is -0.190. The molecule has 2 rings (SSSR count). The van der Waals surface area contributed by atoms with Gasteiger partial charge in [-0.15, -0.1) is 0 Å². The van der Waals surface area contributed by atoms with Gasteiger partial charge in [0.2, 0.25) is 5.91 Å². The van der Waals surface area contributed by atoms with Crippen LogP contribution in [0, 0.1) is 0 Å². The van der Waals surface area contributed by atoms with Crippen molar-refractivity contribution < 1.29 is 4.79 Å². The minimum Gasteiger partial charge on any atom is -0.344 e. The number of rotatable bonds is 3. The van der Waals surface area contributed by atoms with E-state index in [1.807, 2.05) is 41.9 Å². The van der Waals surface area contributed by atoms with Gasteiger partial charge in [0.05, 0.1) is 11.7 Å². The Balaban J connectivity index is 2.26. The Morgan fingerprint density at radius 2 is 2.44 bits per heavy atom. The van der Waals surface area contributed by atoms with Crippen LogP contribution in [0.5, 0.6) is 0 Å². The lowest BCUT2D eigenvalue weighted by Crippen LogP contribution is -2.24. The second-order valence-electron chi connectivity index (χ2n) is 3.57. The maximum atomic E-state index is 11.1. The summed E-state index contributed by atoms with van der Waals surface area (Å²) in [5.41, 5.74) is 1.71. The number of nitrogens with one attached hydrogen (secondary N) is 1. The van der Waals surface area contributed by atoms with E-state index in [4.69, 9.17) is 0 Å². The lowest BCUT2D eigenvalue weighted by atomic mass is 10.2. The number of aromatic nitrogens is 2. The first-order valence-electron chi connectivity index (χ1n) is 5.07. The molecule has 4 heteroatoms. The SMILES string of the molecule is C=CC(=O)N[C@@H](C)c1cn2ccccc2n1. The largest absolute Gasteiger partial charge is 0.344 e. The smallest absolute Gasteiger partial charge is 0.243 e. The summed E-state index contributed by atoms with van der Waals surface area (Å²) in [7, 11) is 0. The fourth-order valence-corrected chi connectivity index (χ4v) is 1.51. The average molecular weight is 215 g/mol. The molecule has 16 heavy (non-hydrogen) atoms. The first-order chi connectivity index (χ1) is 7.70. The number of nitrogens with zero attached hydrogens (tertiary/aromatic N) is 2. The third-order valence-corrected chi connectivity index (χ3v) is 2.37. The summed E-state index contributed by atoms with van der Waals surface area (Å²) in [6.45, 7) is 5.30. The number of carbonyl (C=O) groups is 1. The van der Waals surface area contributed by atoms with Crippen molar-refractivity contribution in [3.63, 3.8) is 0 Å². The van der Waals surface area contributed by atoms with Gasteiger partial charge in [0.1, 0.15) is 5.65 Å². The highest BCUT2D eigenvalue weighted by Crippen LogP contribution is 2.12. The van der Waals surface area contributed by atoms with E-state index in [9.17, 15) is 4.79 Å². The molecule has 0 aromatic carbocycles. The highest BCUT2D eigenvalue weighted by molar-refractivity contribution is 5.87. The van der Waals surface area contributed by atoms with Gasteiger partial charge in [-0.25, -0.2) is 4.98 Å². The molecule has 0 aliphatic heterocycles. The average Bonchev–Trinajstić information content (AvgIpc) is 2.72. The lowest BCUT2D eigenvalue weighted by molar-refractivity contribution is -0.117. The highest BCUT2D eigenvalue weighted by Gasteiger charge is 2.10. The molecule has 0 unspecified atom stereocenters. The van der Waals surface area contributed by atoms with Gasteiger partial charge in [-0.3, -0.25) is 4.79 Å². The Hall–Kier alpha value is -2.10. The molecule has 4 nitrogen and oxygen atoms in total. The molecular weight excluding hydrogens is 202 g/mol. The molecule has 0 fully saturated rings. The topological polar surface area (TPSA) is 46.4 Å². The molecule has 1 N–H and O–H groups in total. The predicted molar refractivity (Wildman–Crippen MR) is 61.9 cm³/mol. The minimum atomic E-state index is -0.190. The van der Waals surface area contributed by atoms with E-state index in [0.29, 0.717) is 0 Å². The van der Waals surface area contributed by atoms with Crippen LogP contribution in [0.4, 0.5) is 0 Å². The predicted octanol–water partition coefficient (Wildman–Crippen LogP) is 1.70. The molecule has 2 aromatic rings. The lowest BCUT2D eigenvalue weighted by Gasteiger charge is -2.08. The minimum absolute atomic E-state index is 0.120. The molecule has 0 saturated carbocycles. The summed E-state index contributed by atoms with van der Waals surface area (Å²) in [6.07, 6.45) is 5.09. The van der Waals surface area contributed by atoms with Crippen molar-refractivity contribution in [3.8, 4) is 0 Å². The van der Waals surface area contributed by atoms with Crippen molar-refractivity contribution in [1.82, 2.24) is 14.7 Å². The first-order valence-corrected chi connectivity index (χ1v) is 5.07. The van der Waals surface area contributed by atoms with Crippen molar-refractivity contribution in [2.24, 2.45) is 0 Å². The Kier molecular flexibility index (Phi) is 2.72. The number of fused-ring (bicyclic) bond motifs is 1. The number of hydrogen-bond donors (Lipinski definition) is 1. The van der Waals surface area contributed by atoms with Crippen LogP contribution >= 0.6 is 0 Å². The third-order valence-electron chi connectivity index (χ3n) is 2.37. The summed E-state index contributed by atoms with van der Waals surface area (Å²) < 4.78 is 1.92. The van der Waals surface area contributed by atoms with Crippen LogP contribution in [0.3, 0.4) is 0 Å². The Morgan fingerprint density at radius 3 is 3.12 bits per heavy atom. The van der Waals surface area contributed by atoms with Crippen molar-refractivity contribution in [1.29, 1.82) is 0 Å². The van der Waals surface area contributed by atoms with Crippen molar-refractivity contribution in [3.05, 3.63) is 48.9 Å². The van der Waals surface area contributed by atoms with E-state index in [1.54, 1.807) is 0 Å².